The lowest BCUT2D eigenvalue weighted by Crippen LogP contribution is -2.43. The van der Waals surface area contributed by atoms with Gasteiger partial charge >= 0.3 is 0 Å². The molecule has 1 aromatic heterocycles. The molecule has 1 atom stereocenters. The summed E-state index contributed by atoms with van der Waals surface area (Å²) in [5.41, 5.74) is 1.74. The molecule has 1 unspecified atom stereocenters. The third-order valence-electron chi connectivity index (χ3n) is 4.75. The van der Waals surface area contributed by atoms with Gasteiger partial charge in [-0.3, -0.25) is 4.90 Å². The molecule has 0 radical (unpaired) electrons. The van der Waals surface area contributed by atoms with E-state index >= 15 is 0 Å². The molecular weight excluding hydrogens is 369 g/mol. The van der Waals surface area contributed by atoms with Crippen LogP contribution in [0, 0.1) is 11.7 Å². The van der Waals surface area contributed by atoms with E-state index in [1.807, 2.05) is 12.3 Å². The Morgan fingerprint density at radius 2 is 2.19 bits per heavy atom. The summed E-state index contributed by atoms with van der Waals surface area (Å²) in [5.74, 6) is -0.00432. The lowest BCUT2D eigenvalue weighted by atomic mass is 9.98. The van der Waals surface area contributed by atoms with Gasteiger partial charge in [0, 0.05) is 45.5 Å². The molecule has 1 saturated heterocycles. The molecule has 1 fully saturated rings. The average Bonchev–Trinajstić information content (AvgIpc) is 3.09. The van der Waals surface area contributed by atoms with Gasteiger partial charge in [-0.05, 0) is 43.5 Å². The molecule has 7 nitrogen and oxygen atoms in total. The molecule has 1 aliphatic rings. The molecule has 3 rings (SSSR count). The van der Waals surface area contributed by atoms with Crippen molar-refractivity contribution in [1.82, 2.24) is 23.7 Å². The highest BCUT2D eigenvalue weighted by Gasteiger charge is 2.23. The van der Waals surface area contributed by atoms with E-state index in [2.05, 4.69) is 14.7 Å². The highest BCUT2D eigenvalue weighted by atomic mass is 32.2. The summed E-state index contributed by atoms with van der Waals surface area (Å²) in [6, 6.07) is 6.33. The number of piperidine rings is 1. The summed E-state index contributed by atoms with van der Waals surface area (Å²) in [7, 11) is -0.345. The first kappa shape index (κ1) is 19.9. The van der Waals surface area contributed by atoms with Crippen LogP contribution in [0.2, 0.25) is 0 Å². The number of aromatic nitrogens is 2. The van der Waals surface area contributed by atoms with Crippen molar-refractivity contribution in [3.8, 4) is 5.69 Å². The van der Waals surface area contributed by atoms with E-state index < -0.39 is 10.2 Å². The van der Waals surface area contributed by atoms with Crippen LogP contribution in [-0.4, -0.2) is 61.1 Å². The Labute approximate surface area is 160 Å². The summed E-state index contributed by atoms with van der Waals surface area (Å²) in [5, 5.41) is 4.33. The first-order chi connectivity index (χ1) is 12.8. The van der Waals surface area contributed by atoms with Crippen LogP contribution in [0.4, 0.5) is 4.39 Å². The van der Waals surface area contributed by atoms with Gasteiger partial charge in [-0.15, -0.1) is 0 Å². The lowest BCUT2D eigenvalue weighted by Gasteiger charge is -2.32. The average molecular weight is 396 g/mol. The zero-order chi connectivity index (χ0) is 19.4. The molecule has 0 saturated carbocycles. The fraction of sp³-hybridized carbons (Fsp3) is 0.500. The third kappa shape index (κ3) is 5.35. The fourth-order valence-corrected chi connectivity index (χ4v) is 3.98. The van der Waals surface area contributed by atoms with Crippen LogP contribution < -0.4 is 4.72 Å². The number of rotatable bonds is 7. The highest BCUT2D eigenvalue weighted by molar-refractivity contribution is 7.87. The number of halogens is 1. The van der Waals surface area contributed by atoms with Crippen molar-refractivity contribution in [2.45, 2.75) is 19.4 Å². The normalized spacial score (nSPS) is 18.9. The van der Waals surface area contributed by atoms with Crippen LogP contribution in [0.5, 0.6) is 0 Å². The van der Waals surface area contributed by atoms with E-state index in [0.29, 0.717) is 12.2 Å². The van der Waals surface area contributed by atoms with E-state index in [4.69, 9.17) is 0 Å². The first-order valence-electron chi connectivity index (χ1n) is 9.02. The van der Waals surface area contributed by atoms with E-state index in [9.17, 15) is 12.8 Å². The Morgan fingerprint density at radius 3 is 2.93 bits per heavy atom. The molecule has 1 N–H and O–H groups in total. The SMILES string of the molecule is CN(C)S(=O)(=O)NCC1CCCN(Cc2cnn(-c3cccc(F)c3)c2)C1. The maximum Gasteiger partial charge on any atom is 0.278 e. The van der Waals surface area contributed by atoms with Gasteiger partial charge in [-0.25, -0.2) is 13.8 Å². The minimum absolute atomic E-state index is 0.284. The van der Waals surface area contributed by atoms with Crippen molar-refractivity contribution in [2.75, 3.05) is 33.7 Å². The van der Waals surface area contributed by atoms with E-state index in [-0.39, 0.29) is 11.7 Å². The van der Waals surface area contributed by atoms with Crippen molar-refractivity contribution in [3.05, 3.63) is 48.0 Å². The molecular formula is C18H26FN5O2S. The van der Waals surface area contributed by atoms with Gasteiger partial charge in [0.05, 0.1) is 11.9 Å². The molecule has 27 heavy (non-hydrogen) atoms. The smallest absolute Gasteiger partial charge is 0.278 e. The Bertz CT molecular complexity index is 868. The standard InChI is InChI=1S/C18H26FN5O2S/c1-22(2)27(25,26)21-11-15-5-4-8-23(12-15)13-16-10-20-24(14-16)18-7-3-6-17(19)9-18/h3,6-7,9-10,14-15,21H,4-5,8,11-13H2,1-2H3. The van der Waals surface area contributed by atoms with Gasteiger partial charge in [-0.2, -0.15) is 17.8 Å². The third-order valence-corrected chi connectivity index (χ3v) is 6.25. The number of likely N-dealkylation sites (tertiary alicyclic amines) is 1. The van der Waals surface area contributed by atoms with Gasteiger partial charge in [-0.1, -0.05) is 6.07 Å². The second-order valence-corrected chi connectivity index (χ2v) is 9.12. The molecule has 148 valence electrons. The lowest BCUT2D eigenvalue weighted by molar-refractivity contribution is 0.168. The molecule has 1 aliphatic heterocycles. The Hall–Kier alpha value is -1.81. The second kappa shape index (κ2) is 8.47. The molecule has 0 spiro atoms. The number of nitrogens with one attached hydrogen (secondary N) is 1. The molecule has 2 aromatic rings. The molecule has 1 aromatic carbocycles. The van der Waals surface area contributed by atoms with Gasteiger partial charge in [0.25, 0.3) is 10.2 Å². The largest absolute Gasteiger partial charge is 0.299 e. The molecule has 0 aliphatic carbocycles. The van der Waals surface area contributed by atoms with Crippen molar-refractivity contribution in [3.63, 3.8) is 0 Å². The molecule has 2 heterocycles. The Kier molecular flexibility index (Phi) is 6.25. The van der Waals surface area contributed by atoms with Gasteiger partial charge in [0.1, 0.15) is 5.82 Å². The van der Waals surface area contributed by atoms with Crippen LogP contribution >= 0.6 is 0 Å². The zero-order valence-electron chi connectivity index (χ0n) is 15.7. The van der Waals surface area contributed by atoms with Crippen LogP contribution in [0.15, 0.2) is 36.7 Å². The second-order valence-electron chi connectivity index (χ2n) is 7.15. The Balaban J connectivity index is 1.57. The van der Waals surface area contributed by atoms with Crippen molar-refractivity contribution in [2.24, 2.45) is 5.92 Å². The first-order valence-corrected chi connectivity index (χ1v) is 10.5. The minimum atomic E-state index is -3.38. The maximum absolute atomic E-state index is 13.4. The number of hydrogen-bond acceptors (Lipinski definition) is 4. The summed E-state index contributed by atoms with van der Waals surface area (Å²) in [6.45, 7) is 3.00. The number of hydrogen-bond donors (Lipinski definition) is 1. The highest BCUT2D eigenvalue weighted by Crippen LogP contribution is 2.19. The number of benzene rings is 1. The predicted molar refractivity (Wildman–Crippen MR) is 102 cm³/mol. The topological polar surface area (TPSA) is 70.5 Å². The zero-order valence-corrected chi connectivity index (χ0v) is 16.5. The van der Waals surface area contributed by atoms with Crippen molar-refractivity contribution >= 4 is 10.2 Å². The van der Waals surface area contributed by atoms with E-state index in [1.165, 1.54) is 30.5 Å². The molecule has 0 bridgehead atoms. The van der Waals surface area contributed by atoms with E-state index in [0.717, 1.165) is 38.0 Å². The van der Waals surface area contributed by atoms with Crippen LogP contribution in [-0.2, 0) is 16.8 Å². The number of nitrogens with zero attached hydrogens (tertiary/aromatic N) is 4. The van der Waals surface area contributed by atoms with Gasteiger partial charge < -0.3 is 0 Å². The Morgan fingerprint density at radius 1 is 1.37 bits per heavy atom. The van der Waals surface area contributed by atoms with Crippen molar-refractivity contribution < 1.29 is 12.8 Å². The van der Waals surface area contributed by atoms with E-state index in [1.54, 1.807) is 16.9 Å². The summed E-state index contributed by atoms with van der Waals surface area (Å²) in [6.07, 6.45) is 5.75. The van der Waals surface area contributed by atoms with Gasteiger partial charge in [0.15, 0.2) is 0 Å². The predicted octanol–water partition coefficient (Wildman–Crippen LogP) is 1.62. The fourth-order valence-electron chi connectivity index (χ4n) is 3.27. The minimum Gasteiger partial charge on any atom is -0.299 e. The summed E-state index contributed by atoms with van der Waals surface area (Å²) >= 11 is 0. The molecule has 0 amide bonds. The maximum atomic E-state index is 13.4. The van der Waals surface area contributed by atoms with Gasteiger partial charge in [0.2, 0.25) is 0 Å². The molecule has 9 heteroatoms. The summed E-state index contributed by atoms with van der Waals surface area (Å²) < 4.78 is 42.6. The monoisotopic (exact) mass is 395 g/mol. The van der Waals surface area contributed by atoms with Crippen LogP contribution in [0.3, 0.4) is 0 Å². The van der Waals surface area contributed by atoms with Crippen LogP contribution in [0.25, 0.3) is 5.69 Å². The van der Waals surface area contributed by atoms with Crippen LogP contribution in [0.1, 0.15) is 18.4 Å². The quantitative estimate of drug-likeness (QED) is 0.773. The summed E-state index contributed by atoms with van der Waals surface area (Å²) in [4.78, 5) is 2.31. The van der Waals surface area contributed by atoms with Crippen molar-refractivity contribution in [1.29, 1.82) is 0 Å².